The molecule has 0 atom stereocenters. The first-order chi connectivity index (χ1) is 17.7. The Morgan fingerprint density at radius 2 is 0.556 bits per heavy atom. The normalized spacial score (nSPS) is 11.6. The molecule has 7 aromatic rings. The summed E-state index contributed by atoms with van der Waals surface area (Å²) in [5, 5.41) is 7.30. The van der Waals surface area contributed by atoms with Gasteiger partial charge in [-0.2, -0.15) is 0 Å². The quantitative estimate of drug-likeness (QED) is 0.222. The van der Waals surface area contributed by atoms with E-state index in [2.05, 4.69) is 24.3 Å². The molecule has 0 spiro atoms. The van der Waals surface area contributed by atoms with Crippen molar-refractivity contribution in [2.75, 3.05) is 0 Å². The SMILES string of the molecule is Fc1ccc(-c2c3ccccc3c(-c3ccc(F)c4ccccc34)c3ccccc23)c2ccccc12. The smallest absolute Gasteiger partial charge is 0.131 e. The van der Waals surface area contributed by atoms with Crippen LogP contribution in [-0.4, -0.2) is 0 Å². The van der Waals surface area contributed by atoms with E-state index in [-0.39, 0.29) is 11.6 Å². The Balaban J connectivity index is 1.70. The standard InChI is InChI=1S/C34H20F2/c35-31-19-17-29(21-9-1-3-11-23(21)31)33-25-13-5-7-15-27(25)34(28-16-8-6-14-26(28)33)30-18-20-32(36)24-12-4-2-10-22(24)30/h1-20H. The van der Waals surface area contributed by atoms with E-state index in [0.29, 0.717) is 10.8 Å². The molecule has 0 nitrogen and oxygen atoms in total. The Morgan fingerprint density at radius 3 is 0.889 bits per heavy atom. The van der Waals surface area contributed by atoms with Crippen LogP contribution in [0.2, 0.25) is 0 Å². The number of halogens is 2. The van der Waals surface area contributed by atoms with E-state index in [4.69, 9.17) is 0 Å². The highest BCUT2D eigenvalue weighted by Gasteiger charge is 2.20. The summed E-state index contributed by atoms with van der Waals surface area (Å²) >= 11 is 0. The topological polar surface area (TPSA) is 0 Å². The minimum atomic E-state index is -0.225. The monoisotopic (exact) mass is 466 g/mol. The summed E-state index contributed by atoms with van der Waals surface area (Å²) in [6, 6.07) is 38.8. The van der Waals surface area contributed by atoms with Gasteiger partial charge in [0.05, 0.1) is 0 Å². The van der Waals surface area contributed by atoms with Crippen molar-refractivity contribution in [2.45, 2.75) is 0 Å². The predicted octanol–water partition coefficient (Wildman–Crippen LogP) is 9.91. The maximum atomic E-state index is 14.7. The predicted molar refractivity (Wildman–Crippen MR) is 147 cm³/mol. The van der Waals surface area contributed by atoms with E-state index in [0.717, 1.165) is 54.6 Å². The largest absolute Gasteiger partial charge is 0.206 e. The molecule has 0 aliphatic carbocycles. The number of fused-ring (bicyclic) bond motifs is 4. The zero-order valence-corrected chi connectivity index (χ0v) is 19.3. The van der Waals surface area contributed by atoms with Gasteiger partial charge < -0.3 is 0 Å². The summed E-state index contributed by atoms with van der Waals surface area (Å²) in [6.07, 6.45) is 0. The number of hydrogen-bond donors (Lipinski definition) is 0. The van der Waals surface area contributed by atoms with Crippen molar-refractivity contribution in [1.29, 1.82) is 0 Å². The molecule has 0 amide bonds. The van der Waals surface area contributed by atoms with Gasteiger partial charge in [0, 0.05) is 10.8 Å². The molecule has 2 heteroatoms. The summed E-state index contributed by atoms with van der Waals surface area (Å²) in [4.78, 5) is 0. The Bertz CT molecular complexity index is 1770. The van der Waals surface area contributed by atoms with E-state index in [1.807, 2.05) is 84.9 Å². The van der Waals surface area contributed by atoms with Gasteiger partial charge in [-0.25, -0.2) is 8.78 Å². The van der Waals surface area contributed by atoms with Gasteiger partial charge in [-0.15, -0.1) is 0 Å². The van der Waals surface area contributed by atoms with Gasteiger partial charge in [0.2, 0.25) is 0 Å². The molecular weight excluding hydrogens is 446 g/mol. The Labute approximate surface area is 207 Å². The second-order valence-electron chi connectivity index (χ2n) is 9.12. The lowest BCUT2D eigenvalue weighted by Crippen LogP contribution is -1.93. The van der Waals surface area contributed by atoms with Crippen LogP contribution >= 0.6 is 0 Å². The molecule has 0 bridgehead atoms. The molecule has 7 rings (SSSR count). The molecule has 0 aliphatic heterocycles. The fourth-order valence-corrected chi connectivity index (χ4v) is 5.67. The summed E-state index contributed by atoms with van der Waals surface area (Å²) in [7, 11) is 0. The molecule has 0 unspecified atom stereocenters. The Kier molecular flexibility index (Phi) is 4.62. The van der Waals surface area contributed by atoms with Crippen LogP contribution in [0.25, 0.3) is 65.3 Å². The van der Waals surface area contributed by atoms with E-state index in [1.165, 1.54) is 0 Å². The molecule has 0 fully saturated rings. The van der Waals surface area contributed by atoms with Crippen LogP contribution in [0.4, 0.5) is 8.78 Å². The van der Waals surface area contributed by atoms with Crippen LogP contribution in [0.15, 0.2) is 121 Å². The van der Waals surface area contributed by atoms with E-state index in [9.17, 15) is 8.78 Å². The number of hydrogen-bond acceptors (Lipinski definition) is 0. The second kappa shape index (κ2) is 8.00. The number of benzene rings is 7. The summed E-state index contributed by atoms with van der Waals surface area (Å²) < 4.78 is 29.5. The van der Waals surface area contributed by atoms with Crippen LogP contribution in [0.5, 0.6) is 0 Å². The molecule has 0 aromatic heterocycles. The van der Waals surface area contributed by atoms with Gasteiger partial charge in [-0.05, 0) is 66.7 Å². The van der Waals surface area contributed by atoms with Gasteiger partial charge in [0.25, 0.3) is 0 Å². The van der Waals surface area contributed by atoms with Crippen LogP contribution < -0.4 is 0 Å². The lowest BCUT2D eigenvalue weighted by molar-refractivity contribution is 0.639. The van der Waals surface area contributed by atoms with Crippen molar-refractivity contribution < 1.29 is 8.78 Å². The molecule has 0 N–H and O–H groups in total. The van der Waals surface area contributed by atoms with Gasteiger partial charge in [0.1, 0.15) is 11.6 Å². The molecule has 170 valence electrons. The minimum Gasteiger partial charge on any atom is -0.206 e. The molecule has 0 aliphatic rings. The summed E-state index contributed by atoms with van der Waals surface area (Å²) in [5.74, 6) is -0.449. The van der Waals surface area contributed by atoms with E-state index in [1.54, 1.807) is 12.1 Å². The van der Waals surface area contributed by atoms with Crippen LogP contribution in [-0.2, 0) is 0 Å². The van der Waals surface area contributed by atoms with Crippen molar-refractivity contribution in [3.8, 4) is 22.3 Å². The zero-order valence-electron chi connectivity index (χ0n) is 19.3. The highest BCUT2D eigenvalue weighted by Crippen LogP contribution is 2.46. The van der Waals surface area contributed by atoms with Crippen molar-refractivity contribution in [2.24, 2.45) is 0 Å². The van der Waals surface area contributed by atoms with Gasteiger partial charge >= 0.3 is 0 Å². The molecular formula is C34H20F2. The maximum absolute atomic E-state index is 14.7. The van der Waals surface area contributed by atoms with Gasteiger partial charge in [-0.1, -0.05) is 109 Å². The second-order valence-corrected chi connectivity index (χ2v) is 9.12. The first-order valence-electron chi connectivity index (χ1n) is 12.0. The van der Waals surface area contributed by atoms with Crippen molar-refractivity contribution in [3.63, 3.8) is 0 Å². The highest BCUT2D eigenvalue weighted by molar-refractivity contribution is 6.25. The third-order valence-corrected chi connectivity index (χ3v) is 7.21. The first kappa shape index (κ1) is 20.8. The fourth-order valence-electron chi connectivity index (χ4n) is 5.67. The third kappa shape index (κ3) is 2.98. The van der Waals surface area contributed by atoms with Crippen LogP contribution in [0.3, 0.4) is 0 Å². The maximum Gasteiger partial charge on any atom is 0.131 e. The Hall–Kier alpha value is -4.56. The lowest BCUT2D eigenvalue weighted by Gasteiger charge is -2.20. The third-order valence-electron chi connectivity index (χ3n) is 7.21. The van der Waals surface area contributed by atoms with Gasteiger partial charge in [0.15, 0.2) is 0 Å². The Morgan fingerprint density at radius 1 is 0.278 bits per heavy atom. The van der Waals surface area contributed by atoms with E-state index >= 15 is 0 Å². The summed E-state index contributed by atoms with van der Waals surface area (Å²) in [6.45, 7) is 0. The molecule has 36 heavy (non-hydrogen) atoms. The van der Waals surface area contributed by atoms with Gasteiger partial charge in [-0.3, -0.25) is 0 Å². The fraction of sp³-hybridized carbons (Fsp3) is 0. The molecule has 0 heterocycles. The molecule has 0 radical (unpaired) electrons. The van der Waals surface area contributed by atoms with Crippen molar-refractivity contribution >= 4 is 43.1 Å². The average Bonchev–Trinajstić information content (AvgIpc) is 2.93. The molecule has 7 aromatic carbocycles. The van der Waals surface area contributed by atoms with Crippen molar-refractivity contribution in [3.05, 3.63) is 133 Å². The first-order valence-corrected chi connectivity index (χ1v) is 12.0. The average molecular weight is 467 g/mol. The minimum absolute atomic E-state index is 0.225. The molecule has 0 saturated carbocycles. The number of rotatable bonds is 2. The highest BCUT2D eigenvalue weighted by atomic mass is 19.1. The molecule has 0 saturated heterocycles. The lowest BCUT2D eigenvalue weighted by atomic mass is 9.83. The van der Waals surface area contributed by atoms with E-state index < -0.39 is 0 Å². The van der Waals surface area contributed by atoms with Crippen LogP contribution in [0, 0.1) is 11.6 Å². The van der Waals surface area contributed by atoms with Crippen molar-refractivity contribution in [1.82, 2.24) is 0 Å². The zero-order chi connectivity index (χ0) is 24.2. The van der Waals surface area contributed by atoms with Crippen LogP contribution in [0.1, 0.15) is 0 Å². The summed E-state index contributed by atoms with van der Waals surface area (Å²) in [5.41, 5.74) is 4.14.